The van der Waals surface area contributed by atoms with Crippen LogP contribution in [-0.2, 0) is 26.3 Å². The number of nitrogens with zero attached hydrogens (tertiary/aromatic N) is 3. The van der Waals surface area contributed by atoms with Gasteiger partial charge in [0.25, 0.3) is 0 Å². The van der Waals surface area contributed by atoms with Crippen LogP contribution in [0, 0.1) is 0 Å². The predicted molar refractivity (Wildman–Crippen MR) is 136 cm³/mol. The minimum atomic E-state index is -3.99. The minimum absolute atomic E-state index is 0.000187. The van der Waals surface area contributed by atoms with E-state index >= 15 is 0 Å². The van der Waals surface area contributed by atoms with Gasteiger partial charge in [0.05, 0.1) is 5.69 Å². The van der Waals surface area contributed by atoms with Crippen LogP contribution in [0.3, 0.4) is 0 Å². The van der Waals surface area contributed by atoms with E-state index in [0.717, 1.165) is 15.0 Å². The Bertz CT molecular complexity index is 1100. The van der Waals surface area contributed by atoms with Crippen molar-refractivity contribution >= 4 is 50.9 Å². The highest BCUT2D eigenvalue weighted by atomic mass is 35.5. The number of anilines is 1. The minimum Gasteiger partial charge on any atom is -0.354 e. The van der Waals surface area contributed by atoms with Crippen LogP contribution in [0.5, 0.6) is 0 Å². The summed E-state index contributed by atoms with van der Waals surface area (Å²) >= 11 is 12.3. The van der Waals surface area contributed by atoms with E-state index in [9.17, 15) is 18.0 Å². The Labute approximate surface area is 211 Å². The van der Waals surface area contributed by atoms with Crippen molar-refractivity contribution < 1.29 is 18.0 Å². The second-order valence-corrected chi connectivity index (χ2v) is 10.8. The molecule has 2 amide bonds. The first-order chi connectivity index (χ1) is 16.0. The van der Waals surface area contributed by atoms with Gasteiger partial charge in [-0.25, -0.2) is 4.31 Å². The lowest BCUT2D eigenvalue weighted by Crippen LogP contribution is -2.52. The first kappa shape index (κ1) is 27.9. The number of para-hydroxylation sites is 1. The van der Waals surface area contributed by atoms with E-state index in [0.29, 0.717) is 27.8 Å². The Kier molecular flexibility index (Phi) is 10.2. The summed E-state index contributed by atoms with van der Waals surface area (Å²) in [6.07, 6.45) is 0.734. The van der Waals surface area contributed by atoms with Crippen LogP contribution in [0.25, 0.3) is 0 Å². The lowest BCUT2D eigenvalue weighted by molar-refractivity contribution is -0.139. The Balaban J connectivity index is 2.44. The maximum atomic E-state index is 13.6. The smallest absolute Gasteiger partial charge is 0.304 e. The highest BCUT2D eigenvalue weighted by Gasteiger charge is 2.32. The number of carbonyl (C=O) groups is 2. The second kappa shape index (κ2) is 12.4. The molecular formula is C23H30Cl2N4O4S. The molecule has 34 heavy (non-hydrogen) atoms. The van der Waals surface area contributed by atoms with Gasteiger partial charge in [0, 0.05) is 37.2 Å². The summed E-state index contributed by atoms with van der Waals surface area (Å²) in [6, 6.07) is 12.3. The van der Waals surface area contributed by atoms with Gasteiger partial charge in [0.2, 0.25) is 11.8 Å². The monoisotopic (exact) mass is 528 g/mol. The zero-order valence-corrected chi connectivity index (χ0v) is 22.0. The van der Waals surface area contributed by atoms with Crippen LogP contribution in [0.15, 0.2) is 48.5 Å². The first-order valence-electron chi connectivity index (χ1n) is 10.7. The van der Waals surface area contributed by atoms with Gasteiger partial charge in [-0.3, -0.25) is 9.59 Å². The van der Waals surface area contributed by atoms with Gasteiger partial charge in [0.15, 0.2) is 0 Å². The zero-order valence-electron chi connectivity index (χ0n) is 19.7. The molecule has 11 heteroatoms. The van der Waals surface area contributed by atoms with Crippen molar-refractivity contribution in [3.05, 3.63) is 64.1 Å². The molecule has 0 saturated heterocycles. The molecule has 0 saturated carbocycles. The zero-order chi connectivity index (χ0) is 25.5. The van der Waals surface area contributed by atoms with Crippen molar-refractivity contribution in [3.63, 3.8) is 0 Å². The molecule has 1 atom stereocenters. The Morgan fingerprint density at radius 2 is 1.71 bits per heavy atom. The molecule has 0 aliphatic rings. The molecule has 186 valence electrons. The van der Waals surface area contributed by atoms with Crippen LogP contribution >= 0.6 is 23.2 Å². The van der Waals surface area contributed by atoms with Crippen molar-refractivity contribution in [1.29, 1.82) is 0 Å². The Morgan fingerprint density at radius 1 is 1.06 bits per heavy atom. The average molecular weight is 529 g/mol. The maximum Gasteiger partial charge on any atom is 0.304 e. The standard InChI is InChI=1S/C23H30Cl2N4O4S/c1-5-13-26-23(31)17(2)28(15-18-11-12-19(24)14-21(18)25)22(30)16-29(34(32,33)27(3)4)20-9-7-6-8-10-20/h6-12,14,17H,5,13,15-16H2,1-4H3,(H,26,31). The van der Waals surface area contributed by atoms with E-state index in [2.05, 4.69) is 5.32 Å². The Hall–Kier alpha value is -2.33. The third-order valence-corrected chi connectivity index (χ3v) is 7.54. The van der Waals surface area contributed by atoms with E-state index in [1.807, 2.05) is 6.92 Å². The van der Waals surface area contributed by atoms with Crippen molar-refractivity contribution in [2.45, 2.75) is 32.9 Å². The van der Waals surface area contributed by atoms with E-state index in [4.69, 9.17) is 23.2 Å². The molecule has 2 aromatic carbocycles. The van der Waals surface area contributed by atoms with E-state index in [-0.39, 0.29) is 12.5 Å². The highest BCUT2D eigenvalue weighted by Crippen LogP contribution is 2.24. The fourth-order valence-corrected chi connectivity index (χ4v) is 4.65. The number of carbonyl (C=O) groups excluding carboxylic acids is 2. The fourth-order valence-electron chi connectivity index (χ4n) is 3.12. The third-order valence-electron chi connectivity index (χ3n) is 5.14. The van der Waals surface area contributed by atoms with Gasteiger partial charge < -0.3 is 10.2 Å². The molecule has 1 N–H and O–H groups in total. The van der Waals surface area contributed by atoms with Gasteiger partial charge in [-0.2, -0.15) is 12.7 Å². The molecule has 0 aliphatic heterocycles. The SMILES string of the molecule is CCCNC(=O)C(C)N(Cc1ccc(Cl)cc1Cl)C(=O)CN(c1ccccc1)S(=O)(=O)N(C)C. The fraction of sp³-hybridized carbons (Fsp3) is 0.391. The Morgan fingerprint density at radius 3 is 2.26 bits per heavy atom. The first-order valence-corrected chi connectivity index (χ1v) is 12.9. The van der Waals surface area contributed by atoms with Gasteiger partial charge in [-0.1, -0.05) is 54.4 Å². The maximum absolute atomic E-state index is 13.6. The average Bonchev–Trinajstić information content (AvgIpc) is 2.80. The summed E-state index contributed by atoms with van der Waals surface area (Å²) in [5.41, 5.74) is 0.911. The number of rotatable bonds is 11. The molecule has 8 nitrogen and oxygen atoms in total. The molecule has 2 aromatic rings. The number of amides is 2. The summed E-state index contributed by atoms with van der Waals surface area (Å²) in [5.74, 6) is -0.901. The van der Waals surface area contributed by atoms with Crippen LogP contribution in [0.1, 0.15) is 25.8 Å². The van der Waals surface area contributed by atoms with Gasteiger partial charge >= 0.3 is 10.2 Å². The molecule has 1 unspecified atom stereocenters. The highest BCUT2D eigenvalue weighted by molar-refractivity contribution is 7.90. The summed E-state index contributed by atoms with van der Waals surface area (Å²) in [5, 5.41) is 3.56. The van der Waals surface area contributed by atoms with E-state index < -0.39 is 28.7 Å². The normalized spacial score (nSPS) is 12.3. The number of hydrogen-bond donors (Lipinski definition) is 1. The van der Waals surface area contributed by atoms with Gasteiger partial charge in [0.1, 0.15) is 12.6 Å². The van der Waals surface area contributed by atoms with E-state index in [1.165, 1.54) is 19.0 Å². The topological polar surface area (TPSA) is 90.0 Å². The molecule has 0 fully saturated rings. The summed E-state index contributed by atoms with van der Waals surface area (Å²) in [7, 11) is -1.21. The summed E-state index contributed by atoms with van der Waals surface area (Å²) in [4.78, 5) is 27.6. The van der Waals surface area contributed by atoms with Crippen LogP contribution in [-0.4, -0.2) is 62.7 Å². The summed E-state index contributed by atoms with van der Waals surface area (Å²) < 4.78 is 28.1. The quantitative estimate of drug-likeness (QED) is 0.482. The largest absolute Gasteiger partial charge is 0.354 e. The number of halogens is 2. The van der Waals surface area contributed by atoms with Crippen molar-refractivity contribution in [2.24, 2.45) is 0 Å². The van der Waals surface area contributed by atoms with Crippen molar-refractivity contribution in [2.75, 3.05) is 31.5 Å². The molecule has 0 aromatic heterocycles. The number of benzene rings is 2. The van der Waals surface area contributed by atoms with Gasteiger partial charge in [-0.05, 0) is 43.2 Å². The molecule has 0 aliphatic carbocycles. The molecular weight excluding hydrogens is 499 g/mol. The van der Waals surface area contributed by atoms with Crippen LogP contribution in [0.4, 0.5) is 5.69 Å². The second-order valence-electron chi connectivity index (χ2n) is 7.86. The molecule has 0 spiro atoms. The summed E-state index contributed by atoms with van der Waals surface area (Å²) in [6.45, 7) is 3.48. The molecule has 0 heterocycles. The molecule has 2 rings (SSSR count). The van der Waals surface area contributed by atoms with Crippen molar-refractivity contribution in [1.82, 2.24) is 14.5 Å². The lowest BCUT2D eigenvalue weighted by Gasteiger charge is -2.33. The van der Waals surface area contributed by atoms with E-state index in [1.54, 1.807) is 55.5 Å². The predicted octanol–water partition coefficient (Wildman–Crippen LogP) is 3.55. The lowest BCUT2D eigenvalue weighted by atomic mass is 10.1. The number of nitrogens with one attached hydrogen (secondary N) is 1. The third kappa shape index (κ3) is 7.09. The molecule has 0 radical (unpaired) electrons. The number of hydrogen-bond acceptors (Lipinski definition) is 4. The van der Waals surface area contributed by atoms with Crippen molar-refractivity contribution in [3.8, 4) is 0 Å². The van der Waals surface area contributed by atoms with Gasteiger partial charge in [-0.15, -0.1) is 0 Å². The molecule has 0 bridgehead atoms. The van der Waals surface area contributed by atoms with Crippen LogP contribution < -0.4 is 9.62 Å². The van der Waals surface area contributed by atoms with Crippen LogP contribution in [0.2, 0.25) is 10.0 Å².